The summed E-state index contributed by atoms with van der Waals surface area (Å²) >= 11 is 9.23. The number of anilines is 1. The Kier molecular flexibility index (Phi) is 4.99. The highest BCUT2D eigenvalue weighted by atomic mass is 35.5. The minimum absolute atomic E-state index is 0.812. The maximum atomic E-state index is 5.94. The summed E-state index contributed by atoms with van der Waals surface area (Å²) in [5, 5.41) is 1.60. The quantitative estimate of drug-likeness (QED) is 0.514. The molecule has 0 amide bonds. The first-order valence-electron chi connectivity index (χ1n) is 5.64. The Morgan fingerprint density at radius 2 is 2.16 bits per heavy atom. The number of hydrogen-bond acceptors (Lipinski definition) is 5. The zero-order valence-corrected chi connectivity index (χ0v) is 13.1. The van der Waals surface area contributed by atoms with Crippen LogP contribution in [0.2, 0.25) is 4.34 Å². The van der Waals surface area contributed by atoms with Gasteiger partial charge in [0.25, 0.3) is 0 Å². The van der Waals surface area contributed by atoms with Gasteiger partial charge >= 0.3 is 0 Å². The Morgan fingerprint density at radius 1 is 1.37 bits per heavy atom. The molecule has 2 aromatic rings. The molecule has 1 aromatic heterocycles. The molecule has 0 unspecified atom stereocenters. The second kappa shape index (κ2) is 6.52. The van der Waals surface area contributed by atoms with E-state index in [1.165, 1.54) is 4.88 Å². The van der Waals surface area contributed by atoms with Crippen LogP contribution in [-0.2, 0) is 5.75 Å². The van der Waals surface area contributed by atoms with E-state index in [0.717, 1.165) is 26.4 Å². The number of thioether (sulfide) groups is 1. The van der Waals surface area contributed by atoms with Crippen LogP contribution in [0.5, 0.6) is 5.75 Å². The van der Waals surface area contributed by atoms with Crippen molar-refractivity contribution >= 4 is 40.4 Å². The van der Waals surface area contributed by atoms with Crippen molar-refractivity contribution in [3.63, 3.8) is 0 Å². The minimum Gasteiger partial charge on any atom is -0.496 e. The zero-order valence-electron chi connectivity index (χ0n) is 10.7. The summed E-state index contributed by atoms with van der Waals surface area (Å²) in [5.41, 5.74) is 0.951. The van der Waals surface area contributed by atoms with Crippen molar-refractivity contribution in [3.8, 4) is 5.75 Å². The molecule has 1 heterocycles. The van der Waals surface area contributed by atoms with Gasteiger partial charge in [-0.05, 0) is 24.3 Å². The lowest BCUT2D eigenvalue weighted by Gasteiger charge is -2.18. The van der Waals surface area contributed by atoms with Gasteiger partial charge in [-0.1, -0.05) is 17.7 Å². The molecule has 19 heavy (non-hydrogen) atoms. The Morgan fingerprint density at radius 3 is 2.74 bits per heavy atom. The van der Waals surface area contributed by atoms with Crippen LogP contribution in [0.4, 0.5) is 5.69 Å². The average molecular weight is 315 g/mol. The van der Waals surface area contributed by atoms with E-state index in [4.69, 9.17) is 22.2 Å². The van der Waals surface area contributed by atoms with Gasteiger partial charge in [-0.15, -0.1) is 23.1 Å². The summed E-state index contributed by atoms with van der Waals surface area (Å²) in [7, 11) is 3.49. The van der Waals surface area contributed by atoms with Gasteiger partial charge in [0.2, 0.25) is 0 Å². The smallest absolute Gasteiger partial charge is 0.134 e. The fourth-order valence-electron chi connectivity index (χ4n) is 1.66. The summed E-state index contributed by atoms with van der Waals surface area (Å²) in [4.78, 5) is 2.27. The molecule has 102 valence electrons. The van der Waals surface area contributed by atoms with Crippen molar-refractivity contribution < 1.29 is 4.74 Å². The van der Waals surface area contributed by atoms with Crippen LogP contribution in [0.3, 0.4) is 0 Å². The Balaban J connectivity index is 2.22. The van der Waals surface area contributed by atoms with Gasteiger partial charge in [-0.2, -0.15) is 0 Å². The number of rotatable bonds is 5. The fraction of sp³-hybridized carbons (Fsp3) is 0.231. The lowest BCUT2D eigenvalue weighted by molar-refractivity contribution is 0.405. The van der Waals surface area contributed by atoms with E-state index in [1.807, 2.05) is 37.4 Å². The van der Waals surface area contributed by atoms with Gasteiger partial charge in [-0.25, -0.2) is 5.84 Å². The predicted molar refractivity (Wildman–Crippen MR) is 84.5 cm³/mol. The topological polar surface area (TPSA) is 38.5 Å². The standard InChI is InChI=1S/C13H15ClN2OS2/c1-16(15)10-4-3-5-11(17-2)13(10)18-8-9-6-7-12(14)19-9/h3-7H,8,15H2,1-2H3. The third-order valence-electron chi connectivity index (χ3n) is 2.55. The largest absolute Gasteiger partial charge is 0.496 e. The molecule has 3 nitrogen and oxygen atoms in total. The first kappa shape index (κ1) is 14.5. The number of nitrogens with two attached hydrogens (primary N) is 1. The van der Waals surface area contributed by atoms with Gasteiger partial charge < -0.3 is 9.75 Å². The zero-order chi connectivity index (χ0) is 13.8. The highest BCUT2D eigenvalue weighted by Crippen LogP contribution is 2.39. The van der Waals surface area contributed by atoms with Crippen LogP contribution in [0, 0.1) is 0 Å². The van der Waals surface area contributed by atoms with E-state index < -0.39 is 0 Å². The Bertz CT molecular complexity index is 557. The predicted octanol–water partition coefficient (Wildman–Crippen LogP) is 4.01. The molecule has 0 bridgehead atoms. The van der Waals surface area contributed by atoms with Crippen LogP contribution in [0.1, 0.15) is 4.88 Å². The molecule has 0 saturated carbocycles. The summed E-state index contributed by atoms with van der Waals surface area (Å²) in [6.45, 7) is 0. The number of thiophene rings is 1. The van der Waals surface area contributed by atoms with Crippen LogP contribution >= 0.6 is 34.7 Å². The first-order chi connectivity index (χ1) is 9.11. The molecule has 0 spiro atoms. The monoisotopic (exact) mass is 314 g/mol. The lowest BCUT2D eigenvalue weighted by Crippen LogP contribution is -2.25. The maximum absolute atomic E-state index is 5.94. The van der Waals surface area contributed by atoms with Crippen LogP contribution in [-0.4, -0.2) is 14.2 Å². The molecule has 0 aliphatic heterocycles. The normalized spacial score (nSPS) is 10.5. The second-order valence-electron chi connectivity index (χ2n) is 3.91. The van der Waals surface area contributed by atoms with Crippen molar-refractivity contribution in [2.45, 2.75) is 10.6 Å². The average Bonchev–Trinajstić information content (AvgIpc) is 2.81. The van der Waals surface area contributed by atoms with Crippen LogP contribution < -0.4 is 15.6 Å². The summed E-state index contributed by atoms with van der Waals surface area (Å²) in [5.74, 6) is 7.54. The summed E-state index contributed by atoms with van der Waals surface area (Å²) < 4.78 is 6.22. The number of hydrazine groups is 1. The van der Waals surface area contributed by atoms with E-state index >= 15 is 0 Å². The molecule has 0 fully saturated rings. The highest BCUT2D eigenvalue weighted by Gasteiger charge is 2.12. The summed E-state index contributed by atoms with van der Waals surface area (Å²) in [6, 6.07) is 9.81. The minimum atomic E-state index is 0.812. The number of ether oxygens (including phenoxy) is 1. The van der Waals surface area contributed by atoms with Crippen molar-refractivity contribution in [1.29, 1.82) is 0 Å². The van der Waals surface area contributed by atoms with Crippen molar-refractivity contribution in [2.24, 2.45) is 5.84 Å². The van der Waals surface area contributed by atoms with Gasteiger partial charge in [-0.3, -0.25) is 0 Å². The van der Waals surface area contributed by atoms with Crippen molar-refractivity contribution in [3.05, 3.63) is 39.5 Å². The first-order valence-corrected chi connectivity index (χ1v) is 7.82. The molecule has 1 aromatic carbocycles. The third kappa shape index (κ3) is 3.57. The number of methoxy groups -OCH3 is 1. The van der Waals surface area contributed by atoms with E-state index in [1.54, 1.807) is 35.2 Å². The molecule has 0 radical (unpaired) electrons. The SMILES string of the molecule is COc1cccc(N(C)N)c1SCc1ccc(Cl)s1. The highest BCUT2D eigenvalue weighted by molar-refractivity contribution is 7.99. The fourth-order valence-corrected chi connectivity index (χ4v) is 3.99. The number of hydrogen-bond donors (Lipinski definition) is 1. The molecule has 0 saturated heterocycles. The van der Waals surface area contributed by atoms with E-state index in [-0.39, 0.29) is 0 Å². The molecular weight excluding hydrogens is 300 g/mol. The van der Waals surface area contributed by atoms with E-state index in [0.29, 0.717) is 0 Å². The molecular formula is C13H15ClN2OS2. The van der Waals surface area contributed by atoms with Crippen LogP contribution in [0.25, 0.3) is 0 Å². The Labute approximate surface area is 126 Å². The molecule has 2 rings (SSSR count). The van der Waals surface area contributed by atoms with Gasteiger partial charge in [0.1, 0.15) is 5.75 Å². The second-order valence-corrected chi connectivity index (χ2v) is 6.70. The van der Waals surface area contributed by atoms with Gasteiger partial charge in [0, 0.05) is 17.7 Å². The molecule has 6 heteroatoms. The number of nitrogens with zero attached hydrogens (tertiary/aromatic N) is 1. The van der Waals surface area contributed by atoms with Gasteiger partial charge in [0.15, 0.2) is 0 Å². The van der Waals surface area contributed by atoms with Crippen molar-refractivity contribution in [1.82, 2.24) is 0 Å². The molecule has 0 aliphatic rings. The Hall–Kier alpha value is -0.880. The number of benzene rings is 1. The van der Waals surface area contributed by atoms with Crippen LogP contribution in [0.15, 0.2) is 35.2 Å². The number of halogens is 1. The molecule has 0 aliphatic carbocycles. The summed E-state index contributed by atoms with van der Waals surface area (Å²) in [6.07, 6.45) is 0. The van der Waals surface area contributed by atoms with E-state index in [2.05, 4.69) is 0 Å². The lowest BCUT2D eigenvalue weighted by atomic mass is 10.3. The maximum Gasteiger partial charge on any atom is 0.134 e. The molecule has 2 N–H and O–H groups in total. The van der Waals surface area contributed by atoms with Crippen molar-refractivity contribution in [2.75, 3.05) is 19.2 Å². The van der Waals surface area contributed by atoms with E-state index in [9.17, 15) is 0 Å². The third-order valence-corrected chi connectivity index (χ3v) is 5.11. The van der Waals surface area contributed by atoms with Gasteiger partial charge in [0.05, 0.1) is 22.0 Å². The molecule has 0 atom stereocenters.